The molecule has 0 bridgehead atoms. The summed E-state index contributed by atoms with van der Waals surface area (Å²) in [6.07, 6.45) is 7.34. The summed E-state index contributed by atoms with van der Waals surface area (Å²) in [4.78, 5) is 18.1. The fraction of sp³-hybridized carbons (Fsp3) is 0.273. The molecule has 4 heterocycles. The third-order valence-electron chi connectivity index (χ3n) is 5.28. The highest BCUT2D eigenvalue weighted by Gasteiger charge is 2.28. The molecule has 140 valence electrons. The first-order valence-electron chi connectivity index (χ1n) is 9.48. The summed E-state index contributed by atoms with van der Waals surface area (Å²) in [6.45, 7) is 3.36. The Labute approximate surface area is 163 Å². The summed E-state index contributed by atoms with van der Waals surface area (Å²) in [5.74, 6) is 1.52. The van der Waals surface area contributed by atoms with Crippen LogP contribution in [0.4, 0.5) is 0 Å². The van der Waals surface area contributed by atoms with Crippen LogP contribution in [0, 0.1) is 0 Å². The van der Waals surface area contributed by atoms with Crippen molar-refractivity contribution in [1.29, 1.82) is 0 Å². The minimum Gasteiger partial charge on any atom is -0.382 e. The van der Waals surface area contributed by atoms with Gasteiger partial charge in [0.15, 0.2) is 5.82 Å². The molecular weight excluding hydrogens is 350 g/mol. The maximum absolute atomic E-state index is 10.1. The molecule has 0 saturated carbocycles. The first-order chi connectivity index (χ1) is 13.5. The SMILES string of the molecule is CC(C)(O)c1ncc(-c2ccc3nc4n(c3c2)C(c2ccccn2)CC4)cn1. The van der Waals surface area contributed by atoms with Crippen molar-refractivity contribution in [3.05, 3.63) is 72.3 Å². The molecule has 4 aromatic rings. The number of imidazole rings is 1. The van der Waals surface area contributed by atoms with Gasteiger partial charge in [-0.25, -0.2) is 15.0 Å². The number of benzene rings is 1. The van der Waals surface area contributed by atoms with Crippen LogP contribution in [0.1, 0.15) is 43.7 Å². The van der Waals surface area contributed by atoms with Gasteiger partial charge in [0.2, 0.25) is 0 Å². The number of rotatable bonds is 3. The van der Waals surface area contributed by atoms with Crippen LogP contribution in [0.25, 0.3) is 22.2 Å². The van der Waals surface area contributed by atoms with Crippen LogP contribution in [-0.2, 0) is 12.0 Å². The molecule has 6 heteroatoms. The minimum atomic E-state index is -1.05. The Hall–Kier alpha value is -3.12. The summed E-state index contributed by atoms with van der Waals surface area (Å²) in [5, 5.41) is 10.1. The van der Waals surface area contributed by atoms with E-state index >= 15 is 0 Å². The van der Waals surface area contributed by atoms with Gasteiger partial charge in [0, 0.05) is 30.6 Å². The molecule has 28 heavy (non-hydrogen) atoms. The standard InChI is InChI=1S/C22H21N5O/c1-22(2,28)21-24-12-15(13-25-21)14-6-7-17-19(11-14)27-18(8-9-20(27)26-17)16-5-3-4-10-23-16/h3-7,10-13,18,28H,8-9H2,1-2H3. The van der Waals surface area contributed by atoms with E-state index in [1.165, 1.54) is 0 Å². The zero-order valence-corrected chi connectivity index (χ0v) is 15.9. The Balaban J connectivity index is 1.59. The van der Waals surface area contributed by atoms with Crippen LogP contribution in [0.5, 0.6) is 0 Å². The molecule has 0 radical (unpaired) electrons. The van der Waals surface area contributed by atoms with Crippen LogP contribution < -0.4 is 0 Å². The minimum absolute atomic E-state index is 0.213. The van der Waals surface area contributed by atoms with Crippen molar-refractivity contribution in [3.8, 4) is 11.1 Å². The average molecular weight is 371 g/mol. The molecule has 1 aromatic carbocycles. The Bertz CT molecular complexity index is 1140. The average Bonchev–Trinajstić information content (AvgIpc) is 3.27. The van der Waals surface area contributed by atoms with Crippen LogP contribution in [0.2, 0.25) is 0 Å². The monoisotopic (exact) mass is 371 g/mol. The van der Waals surface area contributed by atoms with E-state index in [4.69, 9.17) is 4.98 Å². The zero-order chi connectivity index (χ0) is 19.3. The van der Waals surface area contributed by atoms with Crippen molar-refractivity contribution in [3.63, 3.8) is 0 Å². The number of aromatic nitrogens is 5. The van der Waals surface area contributed by atoms with E-state index in [1.807, 2.05) is 24.4 Å². The van der Waals surface area contributed by atoms with Gasteiger partial charge in [-0.05, 0) is 50.1 Å². The van der Waals surface area contributed by atoms with Crippen molar-refractivity contribution in [2.24, 2.45) is 0 Å². The number of hydrogen-bond acceptors (Lipinski definition) is 5. The molecular formula is C22H21N5O. The predicted molar refractivity (Wildman–Crippen MR) is 107 cm³/mol. The Morgan fingerprint density at radius 1 is 1.04 bits per heavy atom. The Morgan fingerprint density at radius 2 is 1.86 bits per heavy atom. The van der Waals surface area contributed by atoms with Gasteiger partial charge in [-0.3, -0.25) is 4.98 Å². The number of aliphatic hydroxyl groups is 1. The van der Waals surface area contributed by atoms with Crippen LogP contribution in [-0.4, -0.2) is 29.6 Å². The number of nitrogens with zero attached hydrogens (tertiary/aromatic N) is 5. The fourth-order valence-corrected chi connectivity index (χ4v) is 3.89. The topological polar surface area (TPSA) is 76.7 Å². The molecule has 1 N–H and O–H groups in total. The summed E-state index contributed by atoms with van der Waals surface area (Å²) < 4.78 is 2.31. The second-order valence-corrected chi connectivity index (χ2v) is 7.76. The summed E-state index contributed by atoms with van der Waals surface area (Å²) in [7, 11) is 0. The van der Waals surface area contributed by atoms with E-state index in [-0.39, 0.29) is 6.04 Å². The van der Waals surface area contributed by atoms with E-state index in [0.717, 1.165) is 46.5 Å². The van der Waals surface area contributed by atoms with Gasteiger partial charge in [0.1, 0.15) is 11.4 Å². The van der Waals surface area contributed by atoms with Crippen LogP contribution >= 0.6 is 0 Å². The van der Waals surface area contributed by atoms with Crippen LogP contribution in [0.15, 0.2) is 55.0 Å². The van der Waals surface area contributed by atoms with E-state index < -0.39 is 5.60 Å². The number of pyridine rings is 1. The molecule has 1 aliphatic heterocycles. The lowest BCUT2D eigenvalue weighted by molar-refractivity contribution is 0.0687. The summed E-state index contributed by atoms with van der Waals surface area (Å²) in [6, 6.07) is 12.5. The zero-order valence-electron chi connectivity index (χ0n) is 15.9. The lowest BCUT2D eigenvalue weighted by Crippen LogP contribution is -2.19. The smallest absolute Gasteiger partial charge is 0.159 e. The van der Waals surface area contributed by atoms with Crippen LogP contribution in [0.3, 0.4) is 0 Å². The van der Waals surface area contributed by atoms with Gasteiger partial charge in [-0.15, -0.1) is 0 Å². The third kappa shape index (κ3) is 2.77. The molecule has 5 rings (SSSR count). The van der Waals surface area contributed by atoms with Crippen molar-refractivity contribution in [2.45, 2.75) is 38.3 Å². The van der Waals surface area contributed by atoms with Crippen molar-refractivity contribution in [2.75, 3.05) is 0 Å². The summed E-state index contributed by atoms with van der Waals surface area (Å²) >= 11 is 0. The number of aryl methyl sites for hydroxylation is 1. The quantitative estimate of drug-likeness (QED) is 0.595. The van der Waals surface area contributed by atoms with Gasteiger partial charge in [0.05, 0.1) is 22.8 Å². The van der Waals surface area contributed by atoms with E-state index in [2.05, 4.69) is 37.7 Å². The maximum atomic E-state index is 10.1. The van der Waals surface area contributed by atoms with Gasteiger partial charge in [0.25, 0.3) is 0 Å². The molecule has 0 aliphatic carbocycles. The van der Waals surface area contributed by atoms with Crippen molar-refractivity contribution < 1.29 is 5.11 Å². The summed E-state index contributed by atoms with van der Waals surface area (Å²) in [5.41, 5.74) is 4.07. The highest BCUT2D eigenvalue weighted by atomic mass is 16.3. The highest BCUT2D eigenvalue weighted by Crippen LogP contribution is 2.36. The van der Waals surface area contributed by atoms with E-state index in [0.29, 0.717) is 5.82 Å². The highest BCUT2D eigenvalue weighted by molar-refractivity contribution is 5.83. The van der Waals surface area contributed by atoms with Gasteiger partial charge in [-0.1, -0.05) is 12.1 Å². The first-order valence-corrected chi connectivity index (χ1v) is 9.48. The molecule has 0 saturated heterocycles. The molecule has 0 amide bonds. The lowest BCUT2D eigenvalue weighted by Gasteiger charge is -2.15. The molecule has 3 aromatic heterocycles. The number of hydrogen-bond donors (Lipinski definition) is 1. The second kappa shape index (κ2) is 6.21. The lowest BCUT2D eigenvalue weighted by atomic mass is 10.1. The van der Waals surface area contributed by atoms with Crippen molar-refractivity contribution >= 4 is 11.0 Å². The molecule has 6 nitrogen and oxygen atoms in total. The Morgan fingerprint density at radius 3 is 2.57 bits per heavy atom. The molecule has 1 aliphatic rings. The fourth-order valence-electron chi connectivity index (χ4n) is 3.89. The maximum Gasteiger partial charge on any atom is 0.159 e. The van der Waals surface area contributed by atoms with E-state index in [9.17, 15) is 5.11 Å². The normalized spacial score (nSPS) is 16.5. The number of fused-ring (bicyclic) bond motifs is 3. The largest absolute Gasteiger partial charge is 0.382 e. The third-order valence-corrected chi connectivity index (χ3v) is 5.28. The molecule has 1 unspecified atom stereocenters. The van der Waals surface area contributed by atoms with E-state index in [1.54, 1.807) is 26.2 Å². The molecule has 1 atom stereocenters. The second-order valence-electron chi connectivity index (χ2n) is 7.76. The van der Waals surface area contributed by atoms with Gasteiger partial charge in [-0.2, -0.15) is 0 Å². The Kier molecular flexibility index (Phi) is 3.77. The van der Waals surface area contributed by atoms with Gasteiger partial charge >= 0.3 is 0 Å². The van der Waals surface area contributed by atoms with Gasteiger partial charge < -0.3 is 9.67 Å². The predicted octanol–water partition coefficient (Wildman–Crippen LogP) is 3.65. The van der Waals surface area contributed by atoms with Crippen molar-refractivity contribution in [1.82, 2.24) is 24.5 Å². The molecule has 0 spiro atoms. The first kappa shape index (κ1) is 17.0. The molecule has 0 fully saturated rings.